The lowest BCUT2D eigenvalue weighted by Crippen LogP contribution is -1.92. The van der Waals surface area contributed by atoms with Gasteiger partial charge in [0.2, 0.25) is 11.7 Å². The minimum absolute atomic E-state index is 0.0717. The van der Waals surface area contributed by atoms with E-state index in [0.29, 0.717) is 5.89 Å². The first-order chi connectivity index (χ1) is 7.58. The first-order valence-corrected chi connectivity index (χ1v) is 4.32. The van der Waals surface area contributed by atoms with Gasteiger partial charge < -0.3 is 4.52 Å². The molecule has 1 heterocycles. The molecule has 2 aromatic rings. The van der Waals surface area contributed by atoms with E-state index in [2.05, 4.69) is 14.7 Å². The fourth-order valence-electron chi connectivity index (χ4n) is 1.21. The zero-order valence-electron chi connectivity index (χ0n) is 8.18. The molecule has 0 saturated heterocycles. The Morgan fingerprint density at radius 1 is 1.50 bits per heavy atom. The molecule has 0 saturated carbocycles. The average Bonchev–Trinajstić information content (AvgIpc) is 2.64. The van der Waals surface area contributed by atoms with E-state index < -0.39 is 10.7 Å². The quantitative estimate of drug-likeness (QED) is 0.575. The summed E-state index contributed by atoms with van der Waals surface area (Å²) in [6.07, 6.45) is 0. The minimum atomic E-state index is -0.755. The van der Waals surface area contributed by atoms with E-state index in [-0.39, 0.29) is 17.1 Å². The molecule has 0 atom stereocenters. The summed E-state index contributed by atoms with van der Waals surface area (Å²) in [6, 6.07) is 3.25. The third kappa shape index (κ3) is 1.74. The highest BCUT2D eigenvalue weighted by Gasteiger charge is 2.15. The van der Waals surface area contributed by atoms with E-state index in [1.807, 2.05) is 0 Å². The van der Waals surface area contributed by atoms with Gasteiger partial charge in [-0.25, -0.2) is 4.39 Å². The SMILES string of the molecule is Cc1nc(-c2ccc([N+](=O)[O-])cc2F)no1. The molecular weight excluding hydrogens is 217 g/mol. The van der Waals surface area contributed by atoms with Gasteiger partial charge in [0.1, 0.15) is 5.82 Å². The fraction of sp³-hybridized carbons (Fsp3) is 0.111. The molecule has 0 aliphatic heterocycles. The van der Waals surface area contributed by atoms with Crippen molar-refractivity contribution in [3.8, 4) is 11.4 Å². The number of hydrogen-bond donors (Lipinski definition) is 0. The Labute approximate surface area is 88.9 Å². The molecule has 2 rings (SSSR count). The highest BCUT2D eigenvalue weighted by molar-refractivity contribution is 5.57. The van der Waals surface area contributed by atoms with Gasteiger partial charge in [-0.3, -0.25) is 10.1 Å². The lowest BCUT2D eigenvalue weighted by Gasteiger charge is -1.96. The van der Waals surface area contributed by atoms with Gasteiger partial charge in [0.15, 0.2) is 0 Å². The molecule has 1 aromatic heterocycles. The Kier molecular flexibility index (Phi) is 2.35. The third-order valence-electron chi connectivity index (χ3n) is 1.93. The molecule has 0 fully saturated rings. The Morgan fingerprint density at radius 3 is 2.75 bits per heavy atom. The standard InChI is InChI=1S/C9H6FN3O3/c1-5-11-9(12-16-5)7-3-2-6(13(14)15)4-8(7)10/h2-4H,1H3. The van der Waals surface area contributed by atoms with Crippen LogP contribution in [0.25, 0.3) is 11.4 Å². The van der Waals surface area contributed by atoms with Gasteiger partial charge in [-0.1, -0.05) is 5.16 Å². The topological polar surface area (TPSA) is 82.1 Å². The van der Waals surface area contributed by atoms with Gasteiger partial charge in [0, 0.05) is 13.0 Å². The molecular formula is C9H6FN3O3. The van der Waals surface area contributed by atoms with Crippen molar-refractivity contribution in [1.82, 2.24) is 10.1 Å². The molecule has 82 valence electrons. The van der Waals surface area contributed by atoms with Gasteiger partial charge in [-0.2, -0.15) is 4.98 Å². The lowest BCUT2D eigenvalue weighted by atomic mass is 10.2. The van der Waals surface area contributed by atoms with Gasteiger partial charge in [0.25, 0.3) is 5.69 Å². The van der Waals surface area contributed by atoms with Crippen LogP contribution in [0, 0.1) is 22.9 Å². The van der Waals surface area contributed by atoms with E-state index in [0.717, 1.165) is 6.07 Å². The van der Waals surface area contributed by atoms with Crippen LogP contribution in [0.3, 0.4) is 0 Å². The summed E-state index contributed by atoms with van der Waals surface area (Å²) < 4.78 is 18.2. The number of hydrogen-bond acceptors (Lipinski definition) is 5. The number of aromatic nitrogens is 2. The van der Waals surface area contributed by atoms with Gasteiger partial charge in [-0.05, 0) is 6.07 Å². The molecule has 0 N–H and O–H groups in total. The Hall–Kier alpha value is -2.31. The molecule has 0 spiro atoms. The Morgan fingerprint density at radius 2 is 2.25 bits per heavy atom. The molecule has 0 amide bonds. The molecule has 7 heteroatoms. The van der Waals surface area contributed by atoms with Crippen molar-refractivity contribution in [2.75, 3.05) is 0 Å². The molecule has 0 unspecified atom stereocenters. The Bertz CT molecular complexity index is 553. The van der Waals surface area contributed by atoms with Crippen molar-refractivity contribution in [3.63, 3.8) is 0 Å². The molecule has 1 aromatic carbocycles. The Balaban J connectivity index is 2.47. The second-order valence-corrected chi connectivity index (χ2v) is 3.06. The van der Waals surface area contributed by atoms with Crippen LogP contribution in [-0.4, -0.2) is 15.1 Å². The van der Waals surface area contributed by atoms with E-state index in [4.69, 9.17) is 0 Å². The zero-order chi connectivity index (χ0) is 11.7. The highest BCUT2D eigenvalue weighted by atomic mass is 19.1. The van der Waals surface area contributed by atoms with E-state index in [9.17, 15) is 14.5 Å². The predicted molar refractivity (Wildman–Crippen MR) is 51.1 cm³/mol. The van der Waals surface area contributed by atoms with Crippen molar-refractivity contribution >= 4 is 5.69 Å². The van der Waals surface area contributed by atoms with Crippen molar-refractivity contribution in [3.05, 3.63) is 40.0 Å². The van der Waals surface area contributed by atoms with Crippen LogP contribution < -0.4 is 0 Å². The maximum absolute atomic E-state index is 13.5. The smallest absolute Gasteiger partial charge is 0.272 e. The minimum Gasteiger partial charge on any atom is -0.339 e. The summed E-state index contributed by atoms with van der Waals surface area (Å²) in [5, 5.41) is 13.9. The normalized spacial score (nSPS) is 10.4. The van der Waals surface area contributed by atoms with E-state index in [1.54, 1.807) is 6.92 Å². The summed E-state index contributed by atoms with van der Waals surface area (Å²) in [6.45, 7) is 1.57. The number of benzene rings is 1. The van der Waals surface area contributed by atoms with Crippen LogP contribution in [0.15, 0.2) is 22.7 Å². The van der Waals surface area contributed by atoms with Crippen molar-refractivity contribution in [2.45, 2.75) is 6.92 Å². The monoisotopic (exact) mass is 223 g/mol. The summed E-state index contributed by atoms with van der Waals surface area (Å²) in [5.41, 5.74) is -0.246. The first kappa shape index (κ1) is 10.2. The van der Waals surface area contributed by atoms with Crippen LogP contribution in [0.2, 0.25) is 0 Å². The molecule has 6 nitrogen and oxygen atoms in total. The van der Waals surface area contributed by atoms with Crippen LogP contribution in [0.1, 0.15) is 5.89 Å². The molecule has 16 heavy (non-hydrogen) atoms. The number of nitro benzene ring substituents is 1. The summed E-state index contributed by atoms with van der Waals surface area (Å²) in [5.74, 6) is -0.382. The molecule has 0 bridgehead atoms. The van der Waals surface area contributed by atoms with Crippen molar-refractivity contribution < 1.29 is 13.8 Å². The summed E-state index contributed by atoms with van der Waals surface area (Å²) in [7, 11) is 0. The maximum Gasteiger partial charge on any atom is 0.272 e. The average molecular weight is 223 g/mol. The number of nitrogens with zero attached hydrogens (tertiary/aromatic N) is 3. The zero-order valence-corrected chi connectivity index (χ0v) is 8.18. The molecule has 0 radical (unpaired) electrons. The second-order valence-electron chi connectivity index (χ2n) is 3.06. The van der Waals surface area contributed by atoms with Crippen LogP contribution >= 0.6 is 0 Å². The number of aryl methyl sites for hydroxylation is 1. The van der Waals surface area contributed by atoms with Crippen LogP contribution in [0.4, 0.5) is 10.1 Å². The van der Waals surface area contributed by atoms with Crippen LogP contribution in [0.5, 0.6) is 0 Å². The van der Waals surface area contributed by atoms with E-state index >= 15 is 0 Å². The number of halogens is 1. The fourth-order valence-corrected chi connectivity index (χ4v) is 1.21. The summed E-state index contributed by atoms with van der Waals surface area (Å²) >= 11 is 0. The first-order valence-electron chi connectivity index (χ1n) is 4.32. The number of rotatable bonds is 2. The second kappa shape index (κ2) is 3.69. The van der Waals surface area contributed by atoms with Crippen molar-refractivity contribution in [2.24, 2.45) is 0 Å². The van der Waals surface area contributed by atoms with E-state index in [1.165, 1.54) is 12.1 Å². The maximum atomic E-state index is 13.5. The number of nitro groups is 1. The van der Waals surface area contributed by atoms with Crippen LogP contribution in [-0.2, 0) is 0 Å². The predicted octanol–water partition coefficient (Wildman–Crippen LogP) is 2.09. The van der Waals surface area contributed by atoms with Gasteiger partial charge >= 0.3 is 0 Å². The van der Waals surface area contributed by atoms with Gasteiger partial charge in [0.05, 0.1) is 16.6 Å². The largest absolute Gasteiger partial charge is 0.339 e. The van der Waals surface area contributed by atoms with Crippen molar-refractivity contribution in [1.29, 1.82) is 0 Å². The third-order valence-corrected chi connectivity index (χ3v) is 1.93. The highest BCUT2D eigenvalue weighted by Crippen LogP contribution is 2.23. The summed E-state index contributed by atoms with van der Waals surface area (Å²) in [4.78, 5) is 13.6. The number of non-ortho nitro benzene ring substituents is 1. The molecule has 0 aliphatic rings. The lowest BCUT2D eigenvalue weighted by molar-refractivity contribution is -0.385. The van der Waals surface area contributed by atoms with Gasteiger partial charge in [-0.15, -0.1) is 0 Å². The molecule has 0 aliphatic carbocycles.